The Kier molecular flexibility index (Phi) is 2.77. The first-order valence-electron chi connectivity index (χ1n) is 4.98. The Bertz CT molecular complexity index is 472. The normalized spacial score (nSPS) is 10.1. The zero-order valence-electron chi connectivity index (χ0n) is 9.19. The second-order valence-electron chi connectivity index (χ2n) is 3.61. The summed E-state index contributed by atoms with van der Waals surface area (Å²) >= 11 is 0. The van der Waals surface area contributed by atoms with Gasteiger partial charge in [-0.15, -0.1) is 0 Å². The Morgan fingerprint density at radius 2 is 1.94 bits per heavy atom. The molecular formula is C13H12NO2. The average molecular weight is 214 g/mol. The average Bonchev–Trinajstić information content (AvgIpc) is 2.27. The van der Waals surface area contributed by atoms with Gasteiger partial charge in [-0.25, -0.2) is 4.98 Å². The lowest BCUT2D eigenvalue weighted by Crippen LogP contribution is -1.89. The zero-order valence-corrected chi connectivity index (χ0v) is 9.19. The lowest BCUT2D eigenvalue weighted by Gasteiger charge is -2.08. The number of phenols is 1. The van der Waals surface area contributed by atoms with Crippen LogP contribution in [0.25, 0.3) is 0 Å². The fourth-order valence-electron chi connectivity index (χ4n) is 1.46. The number of nitrogens with zero attached hydrogens (tertiary/aromatic N) is 1. The molecule has 0 spiro atoms. The molecule has 81 valence electrons. The van der Waals surface area contributed by atoms with Crippen LogP contribution in [0.15, 0.2) is 30.3 Å². The van der Waals surface area contributed by atoms with Gasteiger partial charge >= 0.3 is 0 Å². The van der Waals surface area contributed by atoms with Crippen molar-refractivity contribution in [1.29, 1.82) is 0 Å². The van der Waals surface area contributed by atoms with Crippen LogP contribution in [0.1, 0.15) is 11.1 Å². The van der Waals surface area contributed by atoms with Crippen molar-refractivity contribution >= 4 is 0 Å². The zero-order chi connectivity index (χ0) is 11.5. The lowest BCUT2D eigenvalue weighted by atomic mass is 10.1. The van der Waals surface area contributed by atoms with Gasteiger partial charge in [-0.05, 0) is 43.2 Å². The van der Waals surface area contributed by atoms with E-state index in [9.17, 15) is 5.11 Å². The molecule has 2 rings (SSSR count). The summed E-state index contributed by atoms with van der Waals surface area (Å²) < 4.78 is 5.54. The predicted octanol–water partition coefficient (Wildman–Crippen LogP) is 3.00. The van der Waals surface area contributed by atoms with E-state index in [0.29, 0.717) is 17.4 Å². The monoisotopic (exact) mass is 214 g/mol. The molecule has 0 atom stereocenters. The molecule has 0 unspecified atom stereocenters. The Labute approximate surface area is 94.3 Å². The molecule has 1 aromatic heterocycles. The quantitative estimate of drug-likeness (QED) is 0.835. The van der Waals surface area contributed by atoms with Gasteiger partial charge in [0.15, 0.2) is 0 Å². The number of rotatable bonds is 2. The van der Waals surface area contributed by atoms with E-state index in [0.717, 1.165) is 11.1 Å². The summed E-state index contributed by atoms with van der Waals surface area (Å²) in [5.74, 6) is 1.46. The fraction of sp³-hybridized carbons (Fsp3) is 0.154. The van der Waals surface area contributed by atoms with E-state index in [-0.39, 0.29) is 0 Å². The Morgan fingerprint density at radius 1 is 1.25 bits per heavy atom. The molecule has 1 heterocycles. The third-order valence-electron chi connectivity index (χ3n) is 2.27. The maximum absolute atomic E-state index is 9.62. The fourth-order valence-corrected chi connectivity index (χ4v) is 1.46. The lowest BCUT2D eigenvalue weighted by molar-refractivity contribution is 0.448. The molecule has 0 saturated carbocycles. The molecule has 0 amide bonds. The van der Waals surface area contributed by atoms with Gasteiger partial charge in [0.25, 0.3) is 0 Å². The molecule has 2 aromatic rings. The van der Waals surface area contributed by atoms with E-state index < -0.39 is 0 Å². The highest BCUT2D eigenvalue weighted by molar-refractivity contribution is 5.45. The highest BCUT2D eigenvalue weighted by Crippen LogP contribution is 2.29. The molecule has 0 bridgehead atoms. The smallest absolute Gasteiger partial charge is 0.219 e. The SMILES string of the molecule is Cc1cc(Oc2ccc[c]n2)cc(C)c1O. The molecule has 1 N–H and O–H groups in total. The summed E-state index contributed by atoms with van der Waals surface area (Å²) in [7, 11) is 0. The summed E-state index contributed by atoms with van der Waals surface area (Å²) in [6, 6.07) is 8.82. The molecule has 3 heteroatoms. The van der Waals surface area contributed by atoms with Crippen molar-refractivity contribution in [3.05, 3.63) is 47.7 Å². The van der Waals surface area contributed by atoms with Gasteiger partial charge in [-0.1, -0.05) is 6.07 Å². The number of aryl methyl sites for hydroxylation is 2. The largest absolute Gasteiger partial charge is 0.507 e. The molecule has 0 aliphatic carbocycles. The molecule has 16 heavy (non-hydrogen) atoms. The minimum atomic E-state index is 0.305. The highest BCUT2D eigenvalue weighted by atomic mass is 16.5. The van der Waals surface area contributed by atoms with Crippen LogP contribution in [0.5, 0.6) is 17.4 Å². The molecule has 0 aliphatic rings. The van der Waals surface area contributed by atoms with Crippen LogP contribution in [0.4, 0.5) is 0 Å². The topological polar surface area (TPSA) is 42.4 Å². The van der Waals surface area contributed by atoms with Gasteiger partial charge < -0.3 is 9.84 Å². The molecule has 0 aliphatic heterocycles. The van der Waals surface area contributed by atoms with Crippen molar-refractivity contribution in [3.8, 4) is 17.4 Å². The Balaban J connectivity index is 2.29. The van der Waals surface area contributed by atoms with Gasteiger partial charge in [0.2, 0.25) is 5.88 Å². The van der Waals surface area contributed by atoms with Crippen molar-refractivity contribution in [2.45, 2.75) is 13.8 Å². The van der Waals surface area contributed by atoms with Crippen molar-refractivity contribution in [1.82, 2.24) is 4.98 Å². The number of hydrogen-bond donors (Lipinski definition) is 1. The third-order valence-corrected chi connectivity index (χ3v) is 2.27. The molecular weight excluding hydrogens is 202 g/mol. The summed E-state index contributed by atoms with van der Waals surface area (Å²) in [4.78, 5) is 3.95. The van der Waals surface area contributed by atoms with Crippen molar-refractivity contribution in [2.24, 2.45) is 0 Å². The Morgan fingerprint density at radius 3 is 2.50 bits per heavy atom. The van der Waals surface area contributed by atoms with E-state index in [1.165, 1.54) is 0 Å². The van der Waals surface area contributed by atoms with Crippen LogP contribution in [-0.4, -0.2) is 10.1 Å². The van der Waals surface area contributed by atoms with Gasteiger partial charge in [0.05, 0.1) is 6.20 Å². The number of pyridine rings is 1. The number of aromatic hydroxyl groups is 1. The van der Waals surface area contributed by atoms with Crippen LogP contribution >= 0.6 is 0 Å². The van der Waals surface area contributed by atoms with E-state index >= 15 is 0 Å². The predicted molar refractivity (Wildman–Crippen MR) is 60.7 cm³/mol. The van der Waals surface area contributed by atoms with Crippen LogP contribution in [0, 0.1) is 20.0 Å². The van der Waals surface area contributed by atoms with Gasteiger partial charge in [-0.3, -0.25) is 0 Å². The third kappa shape index (κ3) is 2.14. The maximum Gasteiger partial charge on any atom is 0.219 e. The van der Waals surface area contributed by atoms with E-state index in [2.05, 4.69) is 11.2 Å². The molecule has 3 nitrogen and oxygen atoms in total. The van der Waals surface area contributed by atoms with Crippen molar-refractivity contribution in [2.75, 3.05) is 0 Å². The van der Waals surface area contributed by atoms with E-state index in [1.54, 1.807) is 24.3 Å². The second-order valence-corrected chi connectivity index (χ2v) is 3.61. The summed E-state index contributed by atoms with van der Waals surface area (Å²) in [5.41, 5.74) is 1.57. The highest BCUT2D eigenvalue weighted by Gasteiger charge is 2.05. The van der Waals surface area contributed by atoms with Crippen molar-refractivity contribution < 1.29 is 9.84 Å². The summed E-state index contributed by atoms with van der Waals surface area (Å²) in [6.45, 7) is 3.67. The number of aromatic nitrogens is 1. The molecule has 1 aromatic carbocycles. The van der Waals surface area contributed by atoms with E-state index in [1.807, 2.05) is 19.9 Å². The summed E-state index contributed by atoms with van der Waals surface area (Å²) in [6.07, 6.45) is 2.70. The minimum Gasteiger partial charge on any atom is -0.507 e. The van der Waals surface area contributed by atoms with Gasteiger partial charge in [-0.2, -0.15) is 0 Å². The van der Waals surface area contributed by atoms with E-state index in [4.69, 9.17) is 4.74 Å². The minimum absolute atomic E-state index is 0.305. The standard InChI is InChI=1S/C13H12NO2/c1-9-7-11(8-10(2)13(9)15)16-12-5-3-4-6-14-12/h3-5,7-8,15H,1-2H3. The number of ether oxygens (including phenoxy) is 1. The Hall–Kier alpha value is -2.03. The van der Waals surface area contributed by atoms with Crippen LogP contribution in [-0.2, 0) is 0 Å². The van der Waals surface area contributed by atoms with Gasteiger partial charge in [0, 0.05) is 6.07 Å². The second kappa shape index (κ2) is 4.23. The maximum atomic E-state index is 9.62. The van der Waals surface area contributed by atoms with Crippen molar-refractivity contribution in [3.63, 3.8) is 0 Å². The number of benzene rings is 1. The molecule has 0 fully saturated rings. The first-order valence-corrected chi connectivity index (χ1v) is 4.98. The molecule has 0 saturated heterocycles. The number of phenolic OH excluding ortho intramolecular Hbond substituents is 1. The number of hydrogen-bond acceptors (Lipinski definition) is 3. The van der Waals surface area contributed by atoms with Crippen LogP contribution < -0.4 is 4.74 Å². The molecule has 1 radical (unpaired) electrons. The summed E-state index contributed by atoms with van der Waals surface area (Å²) in [5, 5.41) is 9.62. The van der Waals surface area contributed by atoms with Crippen LogP contribution in [0.2, 0.25) is 0 Å². The first kappa shape index (κ1) is 10.5. The van der Waals surface area contributed by atoms with Crippen LogP contribution in [0.3, 0.4) is 0 Å². The first-order chi connectivity index (χ1) is 7.66. The van der Waals surface area contributed by atoms with Gasteiger partial charge in [0.1, 0.15) is 11.5 Å².